The van der Waals surface area contributed by atoms with Crippen LogP contribution in [0.4, 0.5) is 0 Å². The molecule has 2 aromatic carbocycles. The summed E-state index contributed by atoms with van der Waals surface area (Å²) >= 11 is 0. The van der Waals surface area contributed by atoms with Crippen molar-refractivity contribution in [2.24, 2.45) is 0 Å². The van der Waals surface area contributed by atoms with E-state index in [1.165, 1.54) is 0 Å². The number of benzene rings is 2. The molecule has 5 nitrogen and oxygen atoms in total. The van der Waals surface area contributed by atoms with Crippen LogP contribution < -0.4 is 4.74 Å². The molecule has 1 aromatic heterocycles. The minimum atomic E-state index is -0.783. The maximum absolute atomic E-state index is 10.8. The summed E-state index contributed by atoms with van der Waals surface area (Å²) in [7, 11) is 3.36. The number of pyridine rings is 1. The maximum Gasteiger partial charge on any atom is 0.303 e. The summed E-state index contributed by atoms with van der Waals surface area (Å²) in [6, 6.07) is 18.1. The lowest BCUT2D eigenvalue weighted by Gasteiger charge is -2.13. The molecule has 30 heavy (non-hydrogen) atoms. The zero-order chi connectivity index (χ0) is 21.3. The highest BCUT2D eigenvalue weighted by Crippen LogP contribution is 2.32. The van der Waals surface area contributed by atoms with E-state index in [-0.39, 0.29) is 6.42 Å². The fourth-order valence-electron chi connectivity index (χ4n) is 3.37. The van der Waals surface area contributed by atoms with Crippen LogP contribution in [0.1, 0.15) is 24.0 Å². The summed E-state index contributed by atoms with van der Waals surface area (Å²) in [5.74, 6) is 0.0214. The number of hydrogen-bond acceptors (Lipinski definition) is 4. The lowest BCUT2D eigenvalue weighted by Crippen LogP contribution is -1.98. The minimum absolute atomic E-state index is 0.132. The van der Waals surface area contributed by atoms with Crippen LogP contribution in [-0.4, -0.2) is 36.9 Å². The van der Waals surface area contributed by atoms with Crippen molar-refractivity contribution in [2.75, 3.05) is 20.8 Å². The number of rotatable bonds is 10. The highest BCUT2D eigenvalue weighted by atomic mass is 16.5. The number of methoxy groups -OCH3 is 2. The zero-order valence-electron chi connectivity index (χ0n) is 17.4. The Balaban J connectivity index is 1.95. The molecule has 0 unspecified atom stereocenters. The van der Waals surface area contributed by atoms with Gasteiger partial charge in [0.15, 0.2) is 0 Å². The topological polar surface area (TPSA) is 68.7 Å². The van der Waals surface area contributed by atoms with Crippen molar-refractivity contribution < 1.29 is 19.4 Å². The van der Waals surface area contributed by atoms with Gasteiger partial charge in [-0.1, -0.05) is 24.3 Å². The van der Waals surface area contributed by atoms with Crippen LogP contribution >= 0.6 is 0 Å². The summed E-state index contributed by atoms with van der Waals surface area (Å²) in [6.07, 6.45) is 4.42. The molecule has 0 spiro atoms. The van der Waals surface area contributed by atoms with Crippen LogP contribution in [-0.2, 0) is 22.4 Å². The van der Waals surface area contributed by atoms with E-state index in [1.807, 2.05) is 54.7 Å². The lowest BCUT2D eigenvalue weighted by molar-refractivity contribution is -0.136. The normalized spacial score (nSPS) is 10.7. The Bertz CT molecular complexity index is 965. The third kappa shape index (κ3) is 5.67. The molecule has 156 valence electrons. The van der Waals surface area contributed by atoms with Gasteiger partial charge in [0, 0.05) is 37.5 Å². The van der Waals surface area contributed by atoms with Crippen molar-refractivity contribution in [3.63, 3.8) is 0 Å². The number of aromatic nitrogens is 1. The molecule has 3 rings (SSSR count). The quantitative estimate of drug-likeness (QED) is 0.480. The van der Waals surface area contributed by atoms with Crippen LogP contribution in [0, 0.1) is 0 Å². The first-order chi connectivity index (χ1) is 14.6. The van der Waals surface area contributed by atoms with E-state index in [4.69, 9.17) is 19.6 Å². The molecule has 1 heterocycles. The monoisotopic (exact) mass is 405 g/mol. The third-order valence-electron chi connectivity index (χ3n) is 5.01. The molecular formula is C25H27NO4. The van der Waals surface area contributed by atoms with Gasteiger partial charge in [0.1, 0.15) is 5.75 Å². The van der Waals surface area contributed by atoms with Crippen molar-refractivity contribution in [2.45, 2.75) is 25.7 Å². The highest BCUT2D eigenvalue weighted by molar-refractivity contribution is 5.81. The SMILES string of the molecule is COCCCc1cnc(-c2ccc(OC)cc2)c(-c2ccc(CCC(=O)O)cc2)c1. The van der Waals surface area contributed by atoms with Crippen LogP contribution in [0.5, 0.6) is 5.75 Å². The standard InChI is InChI=1S/C25H27NO4/c1-29-15-3-4-19-16-23(20-8-5-18(6-9-20)7-14-24(27)28)25(26-17-19)21-10-12-22(30-2)13-11-21/h5-6,8-13,16-17H,3-4,7,14-15H2,1-2H3,(H,27,28). The average Bonchev–Trinajstić information content (AvgIpc) is 2.78. The van der Waals surface area contributed by atoms with Crippen molar-refractivity contribution >= 4 is 5.97 Å². The molecule has 0 radical (unpaired) electrons. The van der Waals surface area contributed by atoms with Crippen LogP contribution in [0.15, 0.2) is 60.8 Å². The van der Waals surface area contributed by atoms with Crippen LogP contribution in [0.2, 0.25) is 0 Å². The molecule has 1 N–H and O–H groups in total. The second-order valence-corrected chi connectivity index (χ2v) is 7.16. The van der Waals surface area contributed by atoms with Crippen LogP contribution in [0.25, 0.3) is 22.4 Å². The van der Waals surface area contributed by atoms with Crippen molar-refractivity contribution in [3.8, 4) is 28.1 Å². The third-order valence-corrected chi connectivity index (χ3v) is 5.01. The van der Waals surface area contributed by atoms with Gasteiger partial charge in [-0.3, -0.25) is 9.78 Å². The molecule has 0 fully saturated rings. The first kappa shape index (κ1) is 21.5. The molecule has 0 bridgehead atoms. The van der Waals surface area contributed by atoms with Gasteiger partial charge in [-0.05, 0) is 66.3 Å². The molecule has 3 aromatic rings. The Morgan fingerprint density at radius 3 is 2.27 bits per heavy atom. The summed E-state index contributed by atoms with van der Waals surface area (Å²) in [5, 5.41) is 8.90. The summed E-state index contributed by atoms with van der Waals surface area (Å²) in [6.45, 7) is 0.716. The van der Waals surface area contributed by atoms with Crippen molar-refractivity contribution in [3.05, 3.63) is 71.9 Å². The maximum atomic E-state index is 10.8. The van der Waals surface area contributed by atoms with Gasteiger partial charge in [0.25, 0.3) is 0 Å². The smallest absolute Gasteiger partial charge is 0.303 e. The van der Waals surface area contributed by atoms with E-state index in [1.54, 1.807) is 14.2 Å². The Labute approximate surface area is 177 Å². The van der Waals surface area contributed by atoms with Gasteiger partial charge in [0.05, 0.1) is 12.8 Å². The molecule has 0 aliphatic rings. The number of hydrogen-bond donors (Lipinski definition) is 1. The number of aliphatic carboxylic acids is 1. The molecule has 0 saturated carbocycles. The van der Waals surface area contributed by atoms with Gasteiger partial charge in [-0.15, -0.1) is 0 Å². The number of carboxylic acids is 1. The second-order valence-electron chi connectivity index (χ2n) is 7.16. The predicted octanol–water partition coefficient (Wildman–Crippen LogP) is 5.02. The molecule has 5 heteroatoms. The second kappa shape index (κ2) is 10.6. The van der Waals surface area contributed by atoms with E-state index >= 15 is 0 Å². The molecule has 0 amide bonds. The Kier molecular flexibility index (Phi) is 7.57. The molecule has 0 aliphatic heterocycles. The molecular weight excluding hydrogens is 378 g/mol. The van der Waals surface area contributed by atoms with E-state index in [0.29, 0.717) is 13.0 Å². The number of carboxylic acid groups (broad SMARTS) is 1. The van der Waals surface area contributed by atoms with E-state index in [2.05, 4.69) is 6.07 Å². The van der Waals surface area contributed by atoms with E-state index in [9.17, 15) is 4.79 Å². The summed E-state index contributed by atoms with van der Waals surface area (Å²) in [4.78, 5) is 15.6. The number of nitrogens with zero attached hydrogens (tertiary/aromatic N) is 1. The molecule has 0 atom stereocenters. The zero-order valence-corrected chi connectivity index (χ0v) is 17.4. The van der Waals surface area contributed by atoms with E-state index < -0.39 is 5.97 Å². The average molecular weight is 405 g/mol. The lowest BCUT2D eigenvalue weighted by atomic mass is 9.95. The summed E-state index contributed by atoms with van der Waals surface area (Å²) < 4.78 is 10.4. The van der Waals surface area contributed by atoms with Gasteiger partial charge in [-0.2, -0.15) is 0 Å². The van der Waals surface area contributed by atoms with Gasteiger partial charge in [-0.25, -0.2) is 0 Å². The number of ether oxygens (including phenoxy) is 2. The Morgan fingerprint density at radius 1 is 0.933 bits per heavy atom. The van der Waals surface area contributed by atoms with Gasteiger partial charge >= 0.3 is 5.97 Å². The predicted molar refractivity (Wildman–Crippen MR) is 118 cm³/mol. The van der Waals surface area contributed by atoms with Gasteiger partial charge < -0.3 is 14.6 Å². The number of aryl methyl sites for hydroxylation is 2. The summed E-state index contributed by atoms with van der Waals surface area (Å²) in [5.41, 5.74) is 6.21. The van der Waals surface area contributed by atoms with Gasteiger partial charge in [0.2, 0.25) is 0 Å². The van der Waals surface area contributed by atoms with E-state index in [0.717, 1.165) is 52.1 Å². The van der Waals surface area contributed by atoms with Crippen LogP contribution in [0.3, 0.4) is 0 Å². The largest absolute Gasteiger partial charge is 0.497 e. The van der Waals surface area contributed by atoms with Crippen molar-refractivity contribution in [1.29, 1.82) is 0 Å². The highest BCUT2D eigenvalue weighted by Gasteiger charge is 2.11. The Hall–Kier alpha value is -3.18. The minimum Gasteiger partial charge on any atom is -0.497 e. The fourth-order valence-corrected chi connectivity index (χ4v) is 3.37. The first-order valence-corrected chi connectivity index (χ1v) is 10.0. The molecule has 0 saturated heterocycles. The fraction of sp³-hybridized carbons (Fsp3) is 0.280. The Morgan fingerprint density at radius 2 is 1.63 bits per heavy atom. The molecule has 0 aliphatic carbocycles. The number of carbonyl (C=O) groups is 1. The first-order valence-electron chi connectivity index (χ1n) is 10.0. The van der Waals surface area contributed by atoms with Crippen molar-refractivity contribution in [1.82, 2.24) is 4.98 Å².